The molecule has 0 bridgehead atoms. The predicted molar refractivity (Wildman–Crippen MR) is 140 cm³/mol. The van der Waals surface area contributed by atoms with Crippen molar-refractivity contribution in [3.63, 3.8) is 0 Å². The first-order chi connectivity index (χ1) is 17.1. The lowest BCUT2D eigenvalue weighted by atomic mass is 9.68. The van der Waals surface area contributed by atoms with E-state index in [4.69, 9.17) is 23.7 Å². The van der Waals surface area contributed by atoms with Gasteiger partial charge in [0.2, 0.25) is 0 Å². The molecule has 1 aliphatic carbocycles. The van der Waals surface area contributed by atoms with Gasteiger partial charge in [-0.2, -0.15) is 0 Å². The number of carbonyl (C=O) groups is 1. The monoisotopic (exact) mass is 498 g/mol. The van der Waals surface area contributed by atoms with Crippen LogP contribution in [0.1, 0.15) is 65.0 Å². The fourth-order valence-corrected chi connectivity index (χ4v) is 5.92. The van der Waals surface area contributed by atoms with Crippen molar-refractivity contribution >= 4 is 12.0 Å². The van der Waals surface area contributed by atoms with E-state index in [1.165, 1.54) is 11.6 Å². The van der Waals surface area contributed by atoms with Crippen LogP contribution in [-0.2, 0) is 30.2 Å². The van der Waals surface area contributed by atoms with E-state index in [1.54, 1.807) is 20.3 Å². The number of ether oxygens (including phenoxy) is 5. The van der Waals surface area contributed by atoms with Crippen LogP contribution in [0.25, 0.3) is 6.08 Å². The summed E-state index contributed by atoms with van der Waals surface area (Å²) in [6.07, 6.45) is 8.37. The lowest BCUT2D eigenvalue weighted by molar-refractivity contribution is -0.166. The van der Waals surface area contributed by atoms with Crippen molar-refractivity contribution in [2.45, 2.75) is 89.8 Å². The second kappa shape index (κ2) is 10.7. The number of rotatable bonds is 10. The minimum atomic E-state index is -0.363. The van der Waals surface area contributed by atoms with Gasteiger partial charge in [0, 0.05) is 13.2 Å². The number of epoxide rings is 2. The normalized spacial score (nSPS) is 33.1. The molecule has 0 amide bonds. The SMILES string of the molecule is COc1ccc(/C=C/C(=O)O[C@@H]2CC[C@]3(CO3)[C@@H](C3(C)O[C@H]3CC=C(C)C)[C@@H]2OC)cc1CC(C)C. The summed E-state index contributed by atoms with van der Waals surface area (Å²) < 4.78 is 29.7. The molecular formula is C30H42O6. The number of hydrogen-bond donors (Lipinski definition) is 0. The van der Waals surface area contributed by atoms with E-state index in [1.807, 2.05) is 12.1 Å². The number of methoxy groups -OCH3 is 2. The molecule has 2 aliphatic heterocycles. The molecule has 1 saturated carbocycles. The van der Waals surface area contributed by atoms with Crippen LogP contribution in [0.5, 0.6) is 5.75 Å². The van der Waals surface area contributed by atoms with E-state index in [0.29, 0.717) is 18.9 Å². The number of carbonyl (C=O) groups excluding carboxylic acids is 1. The third-order valence-electron chi connectivity index (χ3n) is 7.85. The van der Waals surface area contributed by atoms with Crippen LogP contribution in [0.2, 0.25) is 0 Å². The zero-order valence-electron chi connectivity index (χ0n) is 22.8. The Labute approximate surface area is 216 Å². The zero-order valence-corrected chi connectivity index (χ0v) is 22.8. The Balaban J connectivity index is 1.44. The lowest BCUT2D eigenvalue weighted by Gasteiger charge is -2.42. The fraction of sp³-hybridized carbons (Fsp3) is 0.633. The molecule has 6 heteroatoms. The van der Waals surface area contributed by atoms with Gasteiger partial charge in [-0.3, -0.25) is 0 Å². The smallest absolute Gasteiger partial charge is 0.331 e. The van der Waals surface area contributed by atoms with E-state index >= 15 is 0 Å². The Morgan fingerprint density at radius 3 is 2.61 bits per heavy atom. The summed E-state index contributed by atoms with van der Waals surface area (Å²) in [5.41, 5.74) is 2.78. The van der Waals surface area contributed by atoms with Gasteiger partial charge in [0.25, 0.3) is 0 Å². The fourth-order valence-electron chi connectivity index (χ4n) is 5.92. The molecule has 0 N–H and O–H groups in total. The summed E-state index contributed by atoms with van der Waals surface area (Å²) in [5, 5.41) is 0. The van der Waals surface area contributed by atoms with Gasteiger partial charge in [0.1, 0.15) is 29.2 Å². The second-order valence-corrected chi connectivity index (χ2v) is 11.4. The lowest BCUT2D eigenvalue weighted by Crippen LogP contribution is -2.55. The first-order valence-corrected chi connectivity index (χ1v) is 13.2. The molecule has 3 fully saturated rings. The van der Waals surface area contributed by atoms with E-state index in [0.717, 1.165) is 36.1 Å². The van der Waals surface area contributed by atoms with Crippen molar-refractivity contribution in [2.24, 2.45) is 11.8 Å². The molecule has 4 rings (SSSR count). The Kier molecular flexibility index (Phi) is 7.98. The molecule has 36 heavy (non-hydrogen) atoms. The third-order valence-corrected chi connectivity index (χ3v) is 7.85. The second-order valence-electron chi connectivity index (χ2n) is 11.4. The van der Waals surface area contributed by atoms with E-state index in [2.05, 4.69) is 46.8 Å². The average Bonchev–Trinajstić information content (AvgIpc) is 3.74. The Morgan fingerprint density at radius 2 is 2.00 bits per heavy atom. The molecule has 6 atom stereocenters. The Hall–Kier alpha value is -2.15. The molecule has 6 nitrogen and oxygen atoms in total. The highest BCUT2D eigenvalue weighted by atomic mass is 16.6. The van der Waals surface area contributed by atoms with E-state index < -0.39 is 0 Å². The van der Waals surface area contributed by atoms with Gasteiger partial charge in [0.05, 0.1) is 25.7 Å². The summed E-state index contributed by atoms with van der Waals surface area (Å²) in [4.78, 5) is 12.9. The van der Waals surface area contributed by atoms with Crippen LogP contribution in [0.3, 0.4) is 0 Å². The van der Waals surface area contributed by atoms with Gasteiger partial charge in [-0.15, -0.1) is 0 Å². The van der Waals surface area contributed by atoms with Crippen molar-refractivity contribution < 1.29 is 28.5 Å². The molecule has 198 valence electrons. The zero-order chi connectivity index (χ0) is 26.1. The summed E-state index contributed by atoms with van der Waals surface area (Å²) in [6.45, 7) is 11.4. The van der Waals surface area contributed by atoms with Crippen LogP contribution in [0.15, 0.2) is 35.9 Å². The highest BCUT2D eigenvalue weighted by Gasteiger charge is 2.72. The summed E-state index contributed by atoms with van der Waals surface area (Å²) in [5.74, 6) is 1.03. The minimum Gasteiger partial charge on any atom is -0.496 e. The maximum absolute atomic E-state index is 12.9. The van der Waals surface area contributed by atoms with Crippen molar-refractivity contribution in [1.82, 2.24) is 0 Å². The van der Waals surface area contributed by atoms with Crippen LogP contribution >= 0.6 is 0 Å². The Bertz CT molecular complexity index is 1000. The number of allylic oxidation sites excluding steroid dienone is 1. The molecule has 1 aromatic rings. The largest absolute Gasteiger partial charge is 0.496 e. The first-order valence-electron chi connectivity index (χ1n) is 13.2. The van der Waals surface area contributed by atoms with Crippen LogP contribution in [-0.4, -0.2) is 56.3 Å². The van der Waals surface area contributed by atoms with Gasteiger partial charge < -0.3 is 23.7 Å². The molecule has 2 saturated heterocycles. The van der Waals surface area contributed by atoms with Crippen LogP contribution < -0.4 is 4.74 Å². The van der Waals surface area contributed by atoms with Gasteiger partial charge in [-0.05, 0) is 81.7 Å². The predicted octanol–water partition coefficient (Wildman–Crippen LogP) is 5.53. The molecule has 0 aromatic heterocycles. The number of esters is 1. The summed E-state index contributed by atoms with van der Waals surface area (Å²) >= 11 is 0. The topological polar surface area (TPSA) is 69.8 Å². The molecule has 0 radical (unpaired) electrons. The van der Waals surface area contributed by atoms with Gasteiger partial charge >= 0.3 is 5.97 Å². The van der Waals surface area contributed by atoms with Gasteiger partial charge in [-0.25, -0.2) is 4.79 Å². The molecule has 1 aromatic carbocycles. The minimum absolute atomic E-state index is 0.0151. The van der Waals surface area contributed by atoms with Crippen LogP contribution in [0, 0.1) is 11.8 Å². The molecule has 2 heterocycles. The molecule has 1 unspecified atom stereocenters. The molecular weight excluding hydrogens is 456 g/mol. The quantitative estimate of drug-likeness (QED) is 0.183. The first kappa shape index (κ1) is 26.9. The summed E-state index contributed by atoms with van der Waals surface area (Å²) in [6, 6.07) is 5.98. The van der Waals surface area contributed by atoms with Gasteiger partial charge in [0.15, 0.2) is 0 Å². The Morgan fingerprint density at radius 1 is 1.25 bits per heavy atom. The maximum Gasteiger partial charge on any atom is 0.331 e. The summed E-state index contributed by atoms with van der Waals surface area (Å²) in [7, 11) is 3.38. The van der Waals surface area contributed by atoms with Crippen molar-refractivity contribution in [3.8, 4) is 5.75 Å². The third kappa shape index (κ3) is 5.71. The molecule has 1 spiro atoms. The van der Waals surface area contributed by atoms with Crippen LogP contribution in [0.4, 0.5) is 0 Å². The highest BCUT2D eigenvalue weighted by molar-refractivity contribution is 5.87. The van der Waals surface area contributed by atoms with Crippen molar-refractivity contribution in [3.05, 3.63) is 47.1 Å². The maximum atomic E-state index is 12.9. The number of benzene rings is 1. The standard InChI is InChI=1S/C30H42O6/c1-19(2)8-12-25-29(5,36-25)28-27(33-7)24(14-15-30(28)18-34-30)35-26(31)13-10-21-9-11-23(32-6)22(17-21)16-20(3)4/h8-11,13,17,20,24-25,27-28H,12,14-16,18H2,1-7H3/b13-10+/t24-,25+,27-,28-,29?,30+/m1/s1. The van der Waals surface area contributed by atoms with E-state index in [9.17, 15) is 4.79 Å². The van der Waals surface area contributed by atoms with E-state index in [-0.39, 0.29) is 41.4 Å². The highest BCUT2D eigenvalue weighted by Crippen LogP contribution is 2.59. The van der Waals surface area contributed by atoms with Gasteiger partial charge in [-0.1, -0.05) is 31.6 Å². The van der Waals surface area contributed by atoms with Crippen molar-refractivity contribution in [1.29, 1.82) is 0 Å². The molecule has 3 aliphatic rings. The van der Waals surface area contributed by atoms with Crippen molar-refractivity contribution in [2.75, 3.05) is 20.8 Å². The number of hydrogen-bond acceptors (Lipinski definition) is 6. The average molecular weight is 499 g/mol.